The molecule has 0 radical (unpaired) electrons. The minimum absolute atomic E-state index is 0.433. The van der Waals surface area contributed by atoms with Gasteiger partial charge in [0.1, 0.15) is 0 Å². The van der Waals surface area contributed by atoms with Crippen LogP contribution in [0.15, 0.2) is 115 Å². The van der Waals surface area contributed by atoms with Crippen LogP contribution in [0, 0.1) is 27.7 Å². The van der Waals surface area contributed by atoms with Gasteiger partial charge in [0.15, 0.2) is 0 Å². The molecule has 40 heavy (non-hydrogen) atoms. The van der Waals surface area contributed by atoms with E-state index in [4.69, 9.17) is 0 Å². The van der Waals surface area contributed by atoms with Crippen molar-refractivity contribution in [3.63, 3.8) is 0 Å². The Balaban J connectivity index is 1.64. The standard InChI is InChI=1S/C15H13.C13H10.C11H11.Zr/c1-10-3-5-14-12(7-10)9-13-8-11(2)4-6-15(13)14;1-3-7-12(8-4-1)11-13-9-5-2-6-10-13;1-8-6-7-9(2)11-5-3-4-10(8)11;/h3-9H,1-2H3;1-10H;3-7H,1-2H3;. The van der Waals surface area contributed by atoms with Crippen LogP contribution in [-0.4, -0.2) is 3.21 Å². The summed E-state index contributed by atoms with van der Waals surface area (Å²) >= 11 is -2.75. The van der Waals surface area contributed by atoms with Crippen molar-refractivity contribution in [2.75, 3.05) is 0 Å². The van der Waals surface area contributed by atoms with E-state index in [9.17, 15) is 0 Å². The summed E-state index contributed by atoms with van der Waals surface area (Å²) in [5.74, 6) is 0. The van der Waals surface area contributed by atoms with Crippen molar-refractivity contribution in [2.45, 2.75) is 34.9 Å². The maximum absolute atomic E-state index is 2.75. The minimum atomic E-state index is -2.75. The average molecular weight is 594 g/mol. The molecule has 0 aliphatic heterocycles. The van der Waals surface area contributed by atoms with Gasteiger partial charge in [-0.15, -0.1) is 0 Å². The summed E-state index contributed by atoms with van der Waals surface area (Å²) in [6.07, 6.45) is 5.04. The first-order valence-corrected chi connectivity index (χ1v) is 18.4. The second-order valence-corrected chi connectivity index (χ2v) is 18.0. The number of hydrogen-bond acceptors (Lipinski definition) is 0. The van der Waals surface area contributed by atoms with Gasteiger partial charge in [-0.1, -0.05) is 0 Å². The Morgan fingerprint density at radius 1 is 0.575 bits per heavy atom. The molecule has 0 heterocycles. The Kier molecular flexibility index (Phi) is 6.52. The molecule has 2 aliphatic carbocycles. The zero-order chi connectivity index (χ0) is 27.4. The molecule has 7 rings (SSSR count). The Hall–Kier alpha value is -3.41. The Morgan fingerprint density at radius 2 is 1.10 bits per heavy atom. The van der Waals surface area contributed by atoms with E-state index in [0.717, 1.165) is 0 Å². The molecule has 1 atom stereocenters. The summed E-state index contributed by atoms with van der Waals surface area (Å²) < 4.78 is 2.51. The molecule has 0 saturated heterocycles. The summed E-state index contributed by atoms with van der Waals surface area (Å²) in [6.45, 7) is 9.12. The molecule has 0 aromatic heterocycles. The van der Waals surface area contributed by atoms with Crippen molar-refractivity contribution < 1.29 is 21.3 Å². The zero-order valence-electron chi connectivity index (χ0n) is 23.7. The summed E-state index contributed by atoms with van der Waals surface area (Å²) in [5, 5.41) is 0. The fourth-order valence-electron chi connectivity index (χ4n) is 7.06. The summed E-state index contributed by atoms with van der Waals surface area (Å²) in [6, 6.07) is 41.6. The van der Waals surface area contributed by atoms with Gasteiger partial charge in [-0.25, -0.2) is 0 Å². The molecular formula is C39H34Zr. The Morgan fingerprint density at radius 3 is 1.65 bits per heavy atom. The topological polar surface area (TPSA) is 0 Å². The fraction of sp³-hybridized carbons (Fsp3) is 0.154. The fourth-order valence-corrected chi connectivity index (χ4v) is 17.1. The molecule has 0 saturated carbocycles. The van der Waals surface area contributed by atoms with Crippen LogP contribution in [0.4, 0.5) is 0 Å². The first-order valence-electron chi connectivity index (χ1n) is 14.4. The maximum atomic E-state index is 2.59. The van der Waals surface area contributed by atoms with Crippen LogP contribution < -0.4 is 0 Å². The van der Waals surface area contributed by atoms with Crippen LogP contribution in [0.25, 0.3) is 17.2 Å². The molecule has 194 valence electrons. The van der Waals surface area contributed by atoms with E-state index < -0.39 is 21.3 Å². The first-order chi connectivity index (χ1) is 19.5. The molecule has 0 N–H and O–H groups in total. The van der Waals surface area contributed by atoms with Gasteiger partial charge in [0.2, 0.25) is 0 Å². The number of allylic oxidation sites excluding steroid dienone is 1. The second kappa shape index (κ2) is 10.2. The molecule has 0 amide bonds. The van der Waals surface area contributed by atoms with Crippen molar-refractivity contribution in [1.82, 2.24) is 0 Å². The predicted molar refractivity (Wildman–Crippen MR) is 167 cm³/mol. The number of benzene rings is 5. The molecule has 1 unspecified atom stereocenters. The molecule has 5 aromatic carbocycles. The van der Waals surface area contributed by atoms with E-state index in [1.54, 1.807) is 19.9 Å². The Bertz CT molecular complexity index is 1730. The normalized spacial score (nSPS) is 15.1. The number of aryl methyl sites for hydroxylation is 4. The zero-order valence-corrected chi connectivity index (χ0v) is 26.2. The van der Waals surface area contributed by atoms with Crippen molar-refractivity contribution in [2.24, 2.45) is 0 Å². The second-order valence-electron chi connectivity index (χ2n) is 11.5. The molecule has 0 bridgehead atoms. The van der Waals surface area contributed by atoms with E-state index in [2.05, 4.69) is 149 Å². The van der Waals surface area contributed by atoms with Gasteiger partial charge in [0.25, 0.3) is 0 Å². The average Bonchev–Trinajstić information content (AvgIpc) is 3.55. The van der Waals surface area contributed by atoms with Crippen molar-refractivity contribution in [3.8, 4) is 11.1 Å². The van der Waals surface area contributed by atoms with Crippen molar-refractivity contribution >= 4 is 9.28 Å². The van der Waals surface area contributed by atoms with Gasteiger partial charge in [-0.3, -0.25) is 0 Å². The molecule has 2 aliphatic rings. The quantitative estimate of drug-likeness (QED) is 0.195. The van der Waals surface area contributed by atoms with Crippen LogP contribution in [-0.2, 0) is 21.3 Å². The number of fused-ring (bicyclic) bond motifs is 4. The van der Waals surface area contributed by atoms with Crippen LogP contribution >= 0.6 is 0 Å². The van der Waals surface area contributed by atoms with Gasteiger partial charge in [-0.2, -0.15) is 0 Å². The van der Waals surface area contributed by atoms with Gasteiger partial charge in [0, 0.05) is 0 Å². The summed E-state index contributed by atoms with van der Waals surface area (Å²) in [5.41, 5.74) is 17.3. The number of hydrogen-bond donors (Lipinski definition) is 0. The van der Waals surface area contributed by atoms with Gasteiger partial charge < -0.3 is 0 Å². The SMILES string of the molecule is Cc1ccc2c(c1)[CH]([Zr](=[C](c1ccccc1)c1ccccc1)[CH]1C=Cc3c(C)ccc(C)c31)c1cc(C)ccc1-2. The summed E-state index contributed by atoms with van der Waals surface area (Å²) in [4.78, 5) is 0. The summed E-state index contributed by atoms with van der Waals surface area (Å²) in [7, 11) is 0. The van der Waals surface area contributed by atoms with E-state index in [0.29, 0.717) is 7.25 Å². The van der Waals surface area contributed by atoms with Crippen LogP contribution in [0.3, 0.4) is 0 Å². The van der Waals surface area contributed by atoms with Gasteiger partial charge in [0.05, 0.1) is 0 Å². The molecular weight excluding hydrogens is 560 g/mol. The van der Waals surface area contributed by atoms with Crippen LogP contribution in [0.2, 0.25) is 0 Å². The van der Waals surface area contributed by atoms with Crippen molar-refractivity contribution in [3.05, 3.63) is 171 Å². The third-order valence-electron chi connectivity index (χ3n) is 8.88. The van der Waals surface area contributed by atoms with E-state index in [-0.39, 0.29) is 0 Å². The predicted octanol–water partition coefficient (Wildman–Crippen LogP) is 9.65. The van der Waals surface area contributed by atoms with Crippen LogP contribution in [0.5, 0.6) is 0 Å². The molecule has 5 aromatic rings. The third-order valence-corrected chi connectivity index (χ3v) is 17.6. The van der Waals surface area contributed by atoms with Crippen LogP contribution in [0.1, 0.15) is 62.9 Å². The van der Waals surface area contributed by atoms with Gasteiger partial charge in [-0.05, 0) is 0 Å². The van der Waals surface area contributed by atoms with Gasteiger partial charge >= 0.3 is 248 Å². The third kappa shape index (κ3) is 4.18. The monoisotopic (exact) mass is 592 g/mol. The van der Waals surface area contributed by atoms with Crippen molar-refractivity contribution in [1.29, 1.82) is 0 Å². The number of rotatable bonds is 4. The molecule has 0 fully saturated rings. The molecule has 1 heteroatoms. The molecule has 0 spiro atoms. The van der Waals surface area contributed by atoms with E-state index in [1.807, 2.05) is 0 Å². The van der Waals surface area contributed by atoms with E-state index in [1.165, 1.54) is 50.1 Å². The van der Waals surface area contributed by atoms with E-state index >= 15 is 0 Å². The Labute approximate surface area is 246 Å². The molecule has 0 nitrogen and oxygen atoms in total. The first kappa shape index (κ1) is 25.6.